The molecule has 40 heavy (non-hydrogen) atoms. The third-order valence-corrected chi connectivity index (χ3v) is 7.54. The molecule has 3 unspecified atom stereocenters. The molecule has 0 radical (unpaired) electrons. The molecule has 1 aliphatic heterocycles. The van der Waals surface area contributed by atoms with Gasteiger partial charge in [0.1, 0.15) is 17.5 Å². The van der Waals surface area contributed by atoms with Crippen LogP contribution in [0.15, 0.2) is 52.7 Å². The Labute approximate surface area is 237 Å². The standard InChI is InChI=1S/C29H31ClN2O8/c1-5-39-10-11-40-29(34)26-16(2)31-21-12-19(17-7-9-24(37-3)25(15-17)38-4)14-23(33)28(21)27(26)18-6-8-20(30)22(13-18)32(35)36/h6-9,13,15,19,26-27H,5,10-12,14H2,1-4H3. The molecule has 2 aliphatic rings. The van der Waals surface area contributed by atoms with Crippen LogP contribution in [0, 0.1) is 16.0 Å². The van der Waals surface area contributed by atoms with Crippen molar-refractivity contribution in [3.05, 3.63) is 73.9 Å². The first-order valence-electron chi connectivity index (χ1n) is 12.9. The number of methoxy groups -OCH3 is 2. The van der Waals surface area contributed by atoms with E-state index in [2.05, 4.69) is 0 Å². The van der Waals surface area contributed by atoms with Crippen LogP contribution >= 0.6 is 11.6 Å². The summed E-state index contributed by atoms with van der Waals surface area (Å²) in [6.45, 7) is 4.28. The SMILES string of the molecule is CCOCCOC(=O)C1C(C)=NC2=C(C(=O)CC(c3ccc(OC)c(OC)c3)C2)C1c1ccc(Cl)c([N+](=O)[O-])c1. The summed E-state index contributed by atoms with van der Waals surface area (Å²) >= 11 is 6.09. The van der Waals surface area contributed by atoms with Crippen LogP contribution in [0.5, 0.6) is 11.5 Å². The van der Waals surface area contributed by atoms with E-state index in [4.69, 9.17) is 35.5 Å². The van der Waals surface area contributed by atoms with Gasteiger partial charge in [-0.25, -0.2) is 0 Å². The van der Waals surface area contributed by atoms with Gasteiger partial charge in [0.15, 0.2) is 17.3 Å². The number of carbonyl (C=O) groups excluding carboxylic acids is 2. The summed E-state index contributed by atoms with van der Waals surface area (Å²) in [7, 11) is 3.10. The minimum absolute atomic E-state index is 0.0329. The number of Topliss-reactive ketones (excluding diaryl/α,β-unsaturated/α-hetero) is 1. The molecule has 3 atom stereocenters. The van der Waals surface area contributed by atoms with E-state index in [1.54, 1.807) is 33.3 Å². The lowest BCUT2D eigenvalue weighted by Crippen LogP contribution is -2.38. The highest BCUT2D eigenvalue weighted by molar-refractivity contribution is 6.32. The Kier molecular flexibility index (Phi) is 9.21. The molecule has 10 nitrogen and oxygen atoms in total. The van der Waals surface area contributed by atoms with Crippen molar-refractivity contribution >= 4 is 34.8 Å². The molecule has 2 aromatic rings. The predicted octanol–water partition coefficient (Wildman–Crippen LogP) is 5.42. The minimum Gasteiger partial charge on any atom is -0.493 e. The Balaban J connectivity index is 1.77. The number of nitro benzene ring substituents is 1. The highest BCUT2D eigenvalue weighted by atomic mass is 35.5. The lowest BCUT2D eigenvalue weighted by molar-refractivity contribution is -0.384. The monoisotopic (exact) mass is 570 g/mol. The van der Waals surface area contributed by atoms with E-state index in [0.29, 0.717) is 47.1 Å². The van der Waals surface area contributed by atoms with Crippen LogP contribution in [-0.2, 0) is 19.1 Å². The van der Waals surface area contributed by atoms with Crippen molar-refractivity contribution in [1.82, 2.24) is 0 Å². The van der Waals surface area contributed by atoms with Crippen LogP contribution in [0.3, 0.4) is 0 Å². The summed E-state index contributed by atoms with van der Waals surface area (Å²) in [4.78, 5) is 43.0. The average Bonchev–Trinajstić information content (AvgIpc) is 2.94. The molecule has 0 spiro atoms. The molecule has 4 rings (SSSR count). The first kappa shape index (κ1) is 29.2. The highest BCUT2D eigenvalue weighted by Gasteiger charge is 2.45. The maximum Gasteiger partial charge on any atom is 0.315 e. The number of esters is 1. The zero-order chi connectivity index (χ0) is 29.0. The molecule has 0 saturated carbocycles. The van der Waals surface area contributed by atoms with Crippen molar-refractivity contribution in [3.63, 3.8) is 0 Å². The van der Waals surface area contributed by atoms with E-state index < -0.39 is 22.7 Å². The van der Waals surface area contributed by atoms with Crippen molar-refractivity contribution in [1.29, 1.82) is 0 Å². The number of hydrogen-bond acceptors (Lipinski definition) is 9. The Morgan fingerprint density at radius 3 is 2.48 bits per heavy atom. The van der Waals surface area contributed by atoms with Crippen LogP contribution in [0.1, 0.15) is 49.7 Å². The zero-order valence-electron chi connectivity index (χ0n) is 22.8. The molecule has 0 amide bonds. The Morgan fingerprint density at radius 1 is 1.07 bits per heavy atom. The molecule has 0 bridgehead atoms. The molecule has 1 heterocycles. The van der Waals surface area contributed by atoms with Crippen LogP contribution in [-0.4, -0.2) is 56.4 Å². The van der Waals surface area contributed by atoms with Gasteiger partial charge in [-0.2, -0.15) is 0 Å². The molecule has 11 heteroatoms. The van der Waals surface area contributed by atoms with Gasteiger partial charge in [-0.15, -0.1) is 0 Å². The number of rotatable bonds is 10. The van der Waals surface area contributed by atoms with E-state index in [1.165, 1.54) is 12.1 Å². The summed E-state index contributed by atoms with van der Waals surface area (Å²) in [6, 6.07) is 9.88. The maximum absolute atomic E-state index is 13.8. The van der Waals surface area contributed by atoms with Crippen LogP contribution in [0.4, 0.5) is 5.69 Å². The Hall–Kier alpha value is -3.76. The fraction of sp³-hybridized carbons (Fsp3) is 0.414. The van der Waals surface area contributed by atoms with Crippen molar-refractivity contribution in [2.24, 2.45) is 10.9 Å². The molecule has 0 saturated heterocycles. The second-order valence-corrected chi connectivity index (χ2v) is 9.95. The van der Waals surface area contributed by atoms with Gasteiger partial charge in [-0.1, -0.05) is 23.7 Å². The molecule has 1 aliphatic carbocycles. The summed E-state index contributed by atoms with van der Waals surface area (Å²) in [5.41, 5.74) is 2.38. The third kappa shape index (κ3) is 5.88. The quantitative estimate of drug-likeness (QED) is 0.160. The van der Waals surface area contributed by atoms with E-state index in [-0.39, 0.29) is 42.0 Å². The largest absolute Gasteiger partial charge is 0.493 e. The van der Waals surface area contributed by atoms with Crippen LogP contribution in [0.2, 0.25) is 5.02 Å². The molecule has 212 valence electrons. The number of allylic oxidation sites excluding steroid dienone is 2. The number of ether oxygens (including phenoxy) is 4. The number of hydrogen-bond donors (Lipinski definition) is 0. The minimum atomic E-state index is -0.942. The Morgan fingerprint density at radius 2 is 1.80 bits per heavy atom. The lowest BCUT2D eigenvalue weighted by Gasteiger charge is -2.36. The molecule has 2 aromatic carbocycles. The van der Waals surface area contributed by atoms with Crippen molar-refractivity contribution < 1.29 is 33.5 Å². The number of nitrogens with zero attached hydrogens (tertiary/aromatic N) is 2. The van der Waals surface area contributed by atoms with Gasteiger partial charge < -0.3 is 18.9 Å². The second kappa shape index (κ2) is 12.6. The number of ketones is 1. The number of aliphatic imine (C=N–C) groups is 1. The second-order valence-electron chi connectivity index (χ2n) is 9.54. The highest BCUT2D eigenvalue weighted by Crippen LogP contribution is 2.48. The fourth-order valence-electron chi connectivity index (χ4n) is 5.37. The summed E-state index contributed by atoms with van der Waals surface area (Å²) in [5.74, 6) is -1.58. The van der Waals surface area contributed by atoms with Crippen LogP contribution < -0.4 is 9.47 Å². The maximum atomic E-state index is 13.8. The first-order chi connectivity index (χ1) is 19.2. The normalized spacial score (nSPS) is 20.5. The molecular formula is C29H31ClN2O8. The Bertz CT molecular complexity index is 1390. The number of carbonyl (C=O) groups is 2. The zero-order valence-corrected chi connectivity index (χ0v) is 23.5. The average molecular weight is 571 g/mol. The summed E-state index contributed by atoms with van der Waals surface area (Å²) in [6.07, 6.45) is 0.605. The van der Waals surface area contributed by atoms with Crippen LogP contribution in [0.25, 0.3) is 0 Å². The summed E-state index contributed by atoms with van der Waals surface area (Å²) < 4.78 is 21.6. The van der Waals surface area contributed by atoms with E-state index in [9.17, 15) is 19.7 Å². The number of nitro groups is 1. The number of halogens is 1. The van der Waals surface area contributed by atoms with Gasteiger partial charge in [0.25, 0.3) is 5.69 Å². The molecule has 0 N–H and O–H groups in total. The van der Waals surface area contributed by atoms with Crippen molar-refractivity contribution in [2.45, 2.75) is 38.5 Å². The summed E-state index contributed by atoms with van der Waals surface area (Å²) in [5, 5.41) is 11.6. The smallest absolute Gasteiger partial charge is 0.315 e. The van der Waals surface area contributed by atoms with Gasteiger partial charge in [0, 0.05) is 42.0 Å². The lowest BCUT2D eigenvalue weighted by atomic mass is 9.69. The van der Waals surface area contributed by atoms with Crippen molar-refractivity contribution in [2.75, 3.05) is 34.0 Å². The van der Waals surface area contributed by atoms with E-state index >= 15 is 0 Å². The van der Waals surface area contributed by atoms with Gasteiger partial charge in [0.2, 0.25) is 0 Å². The number of benzene rings is 2. The van der Waals surface area contributed by atoms with E-state index in [0.717, 1.165) is 5.56 Å². The van der Waals surface area contributed by atoms with Gasteiger partial charge >= 0.3 is 5.97 Å². The third-order valence-electron chi connectivity index (χ3n) is 7.22. The van der Waals surface area contributed by atoms with Crippen molar-refractivity contribution in [3.8, 4) is 11.5 Å². The fourth-order valence-corrected chi connectivity index (χ4v) is 5.55. The predicted molar refractivity (Wildman–Crippen MR) is 148 cm³/mol. The first-order valence-corrected chi connectivity index (χ1v) is 13.3. The molecule has 0 aromatic heterocycles. The molecular weight excluding hydrogens is 540 g/mol. The van der Waals surface area contributed by atoms with E-state index in [1.807, 2.05) is 19.1 Å². The topological polar surface area (TPSA) is 127 Å². The van der Waals surface area contributed by atoms with Gasteiger partial charge in [-0.3, -0.25) is 24.7 Å². The van der Waals surface area contributed by atoms with Gasteiger partial charge in [-0.05, 0) is 55.5 Å². The molecule has 0 fully saturated rings. The van der Waals surface area contributed by atoms with Gasteiger partial charge in [0.05, 0.1) is 25.7 Å².